The summed E-state index contributed by atoms with van der Waals surface area (Å²) >= 11 is 0. The number of hydrogen-bond acceptors (Lipinski definition) is 1. The zero-order valence-electron chi connectivity index (χ0n) is 10.3. The maximum absolute atomic E-state index is 13.5. The molecule has 0 aromatic heterocycles. The summed E-state index contributed by atoms with van der Waals surface area (Å²) in [5.41, 5.74) is 1.04. The van der Waals surface area contributed by atoms with Crippen LogP contribution in [0.4, 0.5) is 4.39 Å². The van der Waals surface area contributed by atoms with Crippen LogP contribution < -0.4 is 0 Å². The zero-order chi connectivity index (χ0) is 12.3. The fourth-order valence-corrected chi connectivity index (χ4v) is 2.24. The molecule has 0 heterocycles. The molecule has 2 rings (SSSR count). The Morgan fingerprint density at radius 3 is 2.76 bits per heavy atom. The molecule has 1 saturated carbocycles. The second kappa shape index (κ2) is 5.44. The van der Waals surface area contributed by atoms with Gasteiger partial charge in [0.25, 0.3) is 0 Å². The predicted octanol–water partition coefficient (Wildman–Crippen LogP) is 4.29. The van der Waals surface area contributed by atoms with Crippen molar-refractivity contribution in [1.82, 2.24) is 0 Å². The van der Waals surface area contributed by atoms with E-state index in [-0.39, 0.29) is 11.6 Å². The summed E-state index contributed by atoms with van der Waals surface area (Å²) < 4.78 is 13.5. The smallest absolute Gasteiger partial charge is 0.166 e. The van der Waals surface area contributed by atoms with Crippen molar-refractivity contribution in [3.8, 4) is 0 Å². The second-order valence-corrected chi connectivity index (χ2v) is 5.04. The lowest BCUT2D eigenvalue weighted by Crippen LogP contribution is -2.05. The number of rotatable bonds is 6. The van der Waals surface area contributed by atoms with Gasteiger partial charge in [-0.05, 0) is 30.9 Å². The largest absolute Gasteiger partial charge is 0.294 e. The molecule has 92 valence electrons. The number of halogens is 1. The molecule has 0 radical (unpaired) electrons. The van der Waals surface area contributed by atoms with E-state index < -0.39 is 0 Å². The Hall–Kier alpha value is -1.18. The zero-order valence-corrected chi connectivity index (χ0v) is 10.3. The summed E-state index contributed by atoms with van der Waals surface area (Å²) in [4.78, 5) is 11.9. The average Bonchev–Trinajstić information content (AvgIpc) is 3.08. The van der Waals surface area contributed by atoms with Crippen molar-refractivity contribution in [3.63, 3.8) is 0 Å². The summed E-state index contributed by atoms with van der Waals surface area (Å²) in [7, 11) is 0. The number of carbonyl (C=O) groups is 1. The first kappa shape index (κ1) is 12.3. The number of Topliss-reactive ketones (excluding diaryl/α,β-unsaturated/α-hetero) is 1. The van der Waals surface area contributed by atoms with Crippen LogP contribution in [0.5, 0.6) is 0 Å². The van der Waals surface area contributed by atoms with Crippen molar-refractivity contribution >= 4 is 5.78 Å². The van der Waals surface area contributed by atoms with Gasteiger partial charge in [0.1, 0.15) is 5.82 Å². The topological polar surface area (TPSA) is 17.1 Å². The Kier molecular flexibility index (Phi) is 3.93. The molecule has 0 atom stereocenters. The standard InChI is InChI=1S/C15H19FO/c1-11-5-4-7-13(16)15(11)14(17)8-3-2-6-12-9-10-12/h4-5,7,12H,2-3,6,8-10H2,1H3. The van der Waals surface area contributed by atoms with Crippen LogP contribution in [0, 0.1) is 18.7 Å². The number of ketones is 1. The molecular formula is C15H19FO. The molecule has 0 spiro atoms. The van der Waals surface area contributed by atoms with E-state index in [1.54, 1.807) is 19.1 Å². The van der Waals surface area contributed by atoms with Crippen LogP contribution in [0.2, 0.25) is 0 Å². The monoisotopic (exact) mass is 234 g/mol. The number of carbonyl (C=O) groups excluding carboxylic acids is 1. The van der Waals surface area contributed by atoms with Gasteiger partial charge in [-0.15, -0.1) is 0 Å². The van der Waals surface area contributed by atoms with Gasteiger partial charge in [0.15, 0.2) is 5.78 Å². The number of benzene rings is 1. The average molecular weight is 234 g/mol. The van der Waals surface area contributed by atoms with Crippen LogP contribution >= 0.6 is 0 Å². The fraction of sp³-hybridized carbons (Fsp3) is 0.533. The van der Waals surface area contributed by atoms with Crippen LogP contribution in [0.1, 0.15) is 54.4 Å². The molecule has 0 N–H and O–H groups in total. The SMILES string of the molecule is Cc1cccc(F)c1C(=O)CCCCC1CC1. The summed E-state index contributed by atoms with van der Waals surface area (Å²) in [6.45, 7) is 1.79. The lowest BCUT2D eigenvalue weighted by molar-refractivity contribution is 0.0974. The van der Waals surface area contributed by atoms with Crippen molar-refractivity contribution in [2.24, 2.45) is 5.92 Å². The van der Waals surface area contributed by atoms with Gasteiger partial charge >= 0.3 is 0 Å². The van der Waals surface area contributed by atoms with E-state index >= 15 is 0 Å². The Labute approximate surface area is 102 Å². The molecule has 0 unspecified atom stereocenters. The number of unbranched alkanes of at least 4 members (excludes halogenated alkanes) is 1. The molecule has 1 aromatic carbocycles. The lowest BCUT2D eigenvalue weighted by Gasteiger charge is -2.06. The van der Waals surface area contributed by atoms with Gasteiger partial charge in [0.2, 0.25) is 0 Å². The van der Waals surface area contributed by atoms with Crippen LogP contribution in [-0.2, 0) is 0 Å². The van der Waals surface area contributed by atoms with E-state index in [1.807, 2.05) is 0 Å². The molecule has 0 saturated heterocycles. The molecule has 1 nitrogen and oxygen atoms in total. The highest BCUT2D eigenvalue weighted by molar-refractivity contribution is 5.97. The van der Waals surface area contributed by atoms with Gasteiger partial charge in [-0.25, -0.2) is 4.39 Å². The van der Waals surface area contributed by atoms with Crippen LogP contribution in [0.25, 0.3) is 0 Å². The predicted molar refractivity (Wildman–Crippen MR) is 66.7 cm³/mol. The van der Waals surface area contributed by atoms with Gasteiger partial charge in [0.05, 0.1) is 5.56 Å². The third-order valence-corrected chi connectivity index (χ3v) is 3.46. The Balaban J connectivity index is 1.85. The molecule has 0 bridgehead atoms. The first-order chi connectivity index (χ1) is 8.18. The fourth-order valence-electron chi connectivity index (χ4n) is 2.24. The van der Waals surface area contributed by atoms with Gasteiger partial charge in [-0.2, -0.15) is 0 Å². The van der Waals surface area contributed by atoms with E-state index in [0.29, 0.717) is 12.0 Å². The Bertz CT molecular complexity index is 387. The van der Waals surface area contributed by atoms with Crippen molar-refractivity contribution in [2.75, 3.05) is 0 Å². The van der Waals surface area contributed by atoms with Crippen molar-refractivity contribution < 1.29 is 9.18 Å². The van der Waals surface area contributed by atoms with E-state index in [4.69, 9.17) is 0 Å². The Morgan fingerprint density at radius 1 is 1.35 bits per heavy atom. The van der Waals surface area contributed by atoms with Crippen LogP contribution in [0.15, 0.2) is 18.2 Å². The first-order valence-corrected chi connectivity index (χ1v) is 6.47. The van der Waals surface area contributed by atoms with Crippen molar-refractivity contribution in [3.05, 3.63) is 35.1 Å². The van der Waals surface area contributed by atoms with E-state index in [1.165, 1.54) is 25.3 Å². The van der Waals surface area contributed by atoms with Crippen molar-refractivity contribution in [1.29, 1.82) is 0 Å². The molecule has 17 heavy (non-hydrogen) atoms. The van der Waals surface area contributed by atoms with Gasteiger partial charge in [-0.1, -0.05) is 37.8 Å². The lowest BCUT2D eigenvalue weighted by atomic mass is 9.99. The molecule has 1 aromatic rings. The summed E-state index contributed by atoms with van der Waals surface area (Å²) in [5, 5.41) is 0. The van der Waals surface area contributed by atoms with E-state index in [2.05, 4.69) is 0 Å². The molecule has 1 aliphatic rings. The highest BCUT2D eigenvalue weighted by Crippen LogP contribution is 2.34. The highest BCUT2D eigenvalue weighted by atomic mass is 19.1. The third-order valence-electron chi connectivity index (χ3n) is 3.46. The maximum Gasteiger partial charge on any atom is 0.166 e. The molecule has 0 aliphatic heterocycles. The highest BCUT2D eigenvalue weighted by Gasteiger charge is 2.20. The van der Waals surface area contributed by atoms with Crippen molar-refractivity contribution in [2.45, 2.75) is 45.4 Å². The van der Waals surface area contributed by atoms with Crippen LogP contribution in [0.3, 0.4) is 0 Å². The molecule has 1 fully saturated rings. The minimum Gasteiger partial charge on any atom is -0.294 e. The normalized spacial score (nSPS) is 14.9. The molecule has 0 amide bonds. The van der Waals surface area contributed by atoms with E-state index in [9.17, 15) is 9.18 Å². The molecular weight excluding hydrogens is 215 g/mol. The maximum atomic E-state index is 13.5. The first-order valence-electron chi connectivity index (χ1n) is 6.47. The van der Waals surface area contributed by atoms with Gasteiger partial charge < -0.3 is 0 Å². The number of hydrogen-bond donors (Lipinski definition) is 0. The molecule has 2 heteroatoms. The van der Waals surface area contributed by atoms with Crippen LogP contribution in [-0.4, -0.2) is 5.78 Å². The Morgan fingerprint density at radius 2 is 2.12 bits per heavy atom. The summed E-state index contributed by atoms with van der Waals surface area (Å²) in [6.07, 6.45) is 6.44. The second-order valence-electron chi connectivity index (χ2n) is 5.04. The van der Waals surface area contributed by atoms with Gasteiger partial charge in [0, 0.05) is 6.42 Å². The molecule has 1 aliphatic carbocycles. The minimum absolute atomic E-state index is 0.0450. The summed E-state index contributed by atoms with van der Waals surface area (Å²) in [5.74, 6) is 0.494. The summed E-state index contributed by atoms with van der Waals surface area (Å²) in [6, 6.07) is 4.81. The minimum atomic E-state index is -0.378. The van der Waals surface area contributed by atoms with E-state index in [0.717, 1.165) is 24.3 Å². The number of aryl methyl sites for hydroxylation is 1. The third kappa shape index (κ3) is 3.39. The quantitative estimate of drug-likeness (QED) is 0.530. The van der Waals surface area contributed by atoms with Gasteiger partial charge in [-0.3, -0.25) is 4.79 Å².